The molecule has 0 saturated heterocycles. The molecule has 1 saturated carbocycles. The number of nitriles is 1. The second kappa shape index (κ2) is 5.09. The van der Waals surface area contributed by atoms with Crippen LogP contribution in [0.4, 0.5) is 0 Å². The number of aromatic amines is 1. The third-order valence-electron chi connectivity index (χ3n) is 4.36. The summed E-state index contributed by atoms with van der Waals surface area (Å²) in [5, 5.41) is 12.0. The van der Waals surface area contributed by atoms with E-state index in [-0.39, 0.29) is 11.9 Å². The zero-order valence-corrected chi connectivity index (χ0v) is 13.0. The molecular formula is C16H19N5O. The lowest BCUT2D eigenvalue weighted by atomic mass is 9.87. The van der Waals surface area contributed by atoms with Crippen molar-refractivity contribution in [3.8, 4) is 6.07 Å². The molecule has 1 aliphatic rings. The van der Waals surface area contributed by atoms with Crippen LogP contribution in [0.1, 0.15) is 55.6 Å². The van der Waals surface area contributed by atoms with Crippen molar-refractivity contribution in [2.24, 2.45) is 5.41 Å². The molecule has 0 bridgehead atoms. The van der Waals surface area contributed by atoms with E-state index in [0.717, 1.165) is 18.5 Å². The maximum absolute atomic E-state index is 12.5. The summed E-state index contributed by atoms with van der Waals surface area (Å²) < 4.78 is 0. The van der Waals surface area contributed by atoms with E-state index in [2.05, 4.69) is 26.3 Å². The Morgan fingerprint density at radius 1 is 1.55 bits per heavy atom. The van der Waals surface area contributed by atoms with Crippen LogP contribution >= 0.6 is 0 Å². The molecule has 1 fully saturated rings. The zero-order chi connectivity index (χ0) is 15.9. The lowest BCUT2D eigenvalue weighted by Crippen LogP contribution is -2.42. The molecule has 2 N–H and O–H groups in total. The molecule has 2 aromatic rings. The van der Waals surface area contributed by atoms with E-state index in [0.29, 0.717) is 22.6 Å². The van der Waals surface area contributed by atoms with Crippen LogP contribution in [0, 0.1) is 16.7 Å². The van der Waals surface area contributed by atoms with Gasteiger partial charge in [-0.25, -0.2) is 9.97 Å². The monoisotopic (exact) mass is 297 g/mol. The number of aromatic nitrogens is 3. The first-order valence-corrected chi connectivity index (χ1v) is 7.48. The largest absolute Gasteiger partial charge is 0.348 e. The van der Waals surface area contributed by atoms with Crippen molar-refractivity contribution in [2.45, 2.75) is 45.6 Å². The number of hydrogen-bond donors (Lipinski definition) is 2. The van der Waals surface area contributed by atoms with Crippen LogP contribution in [0.25, 0.3) is 11.2 Å². The molecule has 0 aromatic carbocycles. The molecule has 22 heavy (non-hydrogen) atoms. The molecule has 1 amide bonds. The maximum atomic E-state index is 12.5. The van der Waals surface area contributed by atoms with Crippen LogP contribution in [0.5, 0.6) is 0 Å². The Bertz CT molecular complexity index is 766. The number of rotatable bonds is 4. The van der Waals surface area contributed by atoms with Gasteiger partial charge in [-0.2, -0.15) is 5.26 Å². The molecule has 2 aromatic heterocycles. The van der Waals surface area contributed by atoms with Gasteiger partial charge in [0.05, 0.1) is 28.9 Å². The van der Waals surface area contributed by atoms with Crippen molar-refractivity contribution >= 4 is 17.1 Å². The molecule has 6 heteroatoms. The SMILES string of the molecule is CC(NC(=O)c1c[nH]c2ncc(C3CC3)nc12)C(C)(C)C#N. The summed E-state index contributed by atoms with van der Waals surface area (Å²) in [5.74, 6) is 0.253. The van der Waals surface area contributed by atoms with Gasteiger partial charge in [-0.1, -0.05) is 0 Å². The van der Waals surface area contributed by atoms with Crippen LogP contribution in [0.3, 0.4) is 0 Å². The number of H-pyrrole nitrogens is 1. The molecular weight excluding hydrogens is 278 g/mol. The fourth-order valence-corrected chi connectivity index (χ4v) is 2.21. The first-order valence-electron chi connectivity index (χ1n) is 7.48. The van der Waals surface area contributed by atoms with Gasteiger partial charge in [0.15, 0.2) is 5.65 Å². The second-order valence-corrected chi connectivity index (χ2v) is 6.50. The van der Waals surface area contributed by atoms with E-state index in [1.165, 1.54) is 0 Å². The highest BCUT2D eigenvalue weighted by molar-refractivity contribution is 6.04. The van der Waals surface area contributed by atoms with Crippen LogP contribution in [-0.2, 0) is 0 Å². The molecule has 0 aliphatic heterocycles. The Balaban J connectivity index is 1.88. The normalized spacial score (nSPS) is 16.3. The minimum atomic E-state index is -0.632. The number of carbonyl (C=O) groups excluding carboxylic acids is 1. The quantitative estimate of drug-likeness (QED) is 0.906. The molecule has 3 rings (SSSR count). The van der Waals surface area contributed by atoms with Gasteiger partial charge in [0.25, 0.3) is 5.91 Å². The average molecular weight is 297 g/mol. The van der Waals surface area contributed by atoms with Gasteiger partial charge in [-0.05, 0) is 33.6 Å². The van der Waals surface area contributed by atoms with Gasteiger partial charge >= 0.3 is 0 Å². The van der Waals surface area contributed by atoms with E-state index in [4.69, 9.17) is 5.26 Å². The number of nitrogens with zero attached hydrogens (tertiary/aromatic N) is 3. The van der Waals surface area contributed by atoms with Crippen molar-refractivity contribution in [2.75, 3.05) is 0 Å². The molecule has 0 radical (unpaired) electrons. The second-order valence-electron chi connectivity index (χ2n) is 6.50. The summed E-state index contributed by atoms with van der Waals surface area (Å²) in [5.41, 5.74) is 2.01. The summed E-state index contributed by atoms with van der Waals surface area (Å²) >= 11 is 0. The Morgan fingerprint density at radius 3 is 2.91 bits per heavy atom. The van der Waals surface area contributed by atoms with Crippen LogP contribution in [0.15, 0.2) is 12.4 Å². The highest BCUT2D eigenvalue weighted by Crippen LogP contribution is 2.39. The summed E-state index contributed by atoms with van der Waals surface area (Å²) in [4.78, 5) is 24.4. The lowest BCUT2D eigenvalue weighted by molar-refractivity contribution is 0.0921. The molecule has 1 aliphatic carbocycles. The molecule has 1 atom stereocenters. The molecule has 6 nitrogen and oxygen atoms in total. The Morgan fingerprint density at radius 2 is 2.27 bits per heavy atom. The van der Waals surface area contributed by atoms with Crippen molar-refractivity contribution < 1.29 is 4.79 Å². The predicted octanol–water partition coefficient (Wildman–Crippen LogP) is 2.50. The van der Waals surface area contributed by atoms with Gasteiger partial charge in [-0.3, -0.25) is 4.79 Å². The van der Waals surface area contributed by atoms with Gasteiger partial charge in [-0.15, -0.1) is 0 Å². The number of amides is 1. The topological polar surface area (TPSA) is 94.5 Å². The van der Waals surface area contributed by atoms with Gasteiger partial charge in [0.2, 0.25) is 0 Å². The minimum absolute atomic E-state index is 0.232. The summed E-state index contributed by atoms with van der Waals surface area (Å²) in [6, 6.07) is 1.94. The van der Waals surface area contributed by atoms with Crippen molar-refractivity contribution in [3.63, 3.8) is 0 Å². The first kappa shape index (κ1) is 14.5. The highest BCUT2D eigenvalue weighted by atomic mass is 16.1. The molecule has 114 valence electrons. The van der Waals surface area contributed by atoms with Gasteiger partial charge in [0, 0.05) is 18.2 Å². The Kier molecular flexibility index (Phi) is 3.36. The smallest absolute Gasteiger partial charge is 0.255 e. The van der Waals surface area contributed by atoms with Gasteiger partial charge < -0.3 is 10.3 Å². The van der Waals surface area contributed by atoms with E-state index in [1.807, 2.05) is 6.92 Å². The fourth-order valence-electron chi connectivity index (χ4n) is 2.21. The number of carbonyl (C=O) groups is 1. The van der Waals surface area contributed by atoms with E-state index in [1.54, 1.807) is 26.2 Å². The Hall–Kier alpha value is -2.42. The Labute approximate surface area is 129 Å². The predicted molar refractivity (Wildman–Crippen MR) is 82.2 cm³/mol. The van der Waals surface area contributed by atoms with Crippen LogP contribution < -0.4 is 5.32 Å². The van der Waals surface area contributed by atoms with Crippen molar-refractivity contribution in [1.82, 2.24) is 20.3 Å². The van der Waals surface area contributed by atoms with Gasteiger partial charge in [0.1, 0.15) is 5.52 Å². The zero-order valence-electron chi connectivity index (χ0n) is 13.0. The van der Waals surface area contributed by atoms with Crippen molar-refractivity contribution in [3.05, 3.63) is 23.7 Å². The standard InChI is InChI=1S/C16H19N5O/c1-9(16(2,3)8-17)20-15(22)11-6-18-14-13(11)21-12(7-19-14)10-4-5-10/h6-7,9-10H,4-5H2,1-3H3,(H,18,19)(H,20,22). The number of hydrogen-bond acceptors (Lipinski definition) is 4. The first-order chi connectivity index (χ1) is 10.4. The number of fused-ring (bicyclic) bond motifs is 1. The van der Waals surface area contributed by atoms with E-state index < -0.39 is 5.41 Å². The van der Waals surface area contributed by atoms with E-state index >= 15 is 0 Å². The molecule has 2 heterocycles. The number of nitrogens with one attached hydrogen (secondary N) is 2. The summed E-state index contributed by atoms with van der Waals surface area (Å²) in [6.45, 7) is 5.44. The van der Waals surface area contributed by atoms with E-state index in [9.17, 15) is 4.79 Å². The molecule has 0 spiro atoms. The average Bonchev–Trinajstić information content (AvgIpc) is 3.26. The summed E-state index contributed by atoms with van der Waals surface area (Å²) in [7, 11) is 0. The van der Waals surface area contributed by atoms with Crippen LogP contribution in [0.2, 0.25) is 0 Å². The lowest BCUT2D eigenvalue weighted by Gasteiger charge is -2.25. The van der Waals surface area contributed by atoms with Crippen LogP contribution in [-0.4, -0.2) is 26.9 Å². The third kappa shape index (κ3) is 2.54. The van der Waals surface area contributed by atoms with Crippen molar-refractivity contribution in [1.29, 1.82) is 5.26 Å². The maximum Gasteiger partial charge on any atom is 0.255 e. The summed E-state index contributed by atoms with van der Waals surface area (Å²) in [6.07, 6.45) is 5.68. The minimum Gasteiger partial charge on any atom is -0.348 e. The third-order valence-corrected chi connectivity index (χ3v) is 4.36. The highest BCUT2D eigenvalue weighted by Gasteiger charge is 2.29. The fraction of sp³-hybridized carbons (Fsp3) is 0.500. The molecule has 1 unspecified atom stereocenters.